The summed E-state index contributed by atoms with van der Waals surface area (Å²) in [4.78, 5) is 0. The first-order valence-electron chi connectivity index (χ1n) is 6.01. The molecular formula is C14H22BrNO. The molecule has 2 unspecified atom stereocenters. The summed E-state index contributed by atoms with van der Waals surface area (Å²) in [5.41, 5.74) is 2.49. The molecule has 0 aliphatic heterocycles. The maximum atomic E-state index is 5.37. The lowest BCUT2D eigenvalue weighted by atomic mass is 10.1. The molecule has 17 heavy (non-hydrogen) atoms. The quantitative estimate of drug-likeness (QED) is 0.812. The van der Waals surface area contributed by atoms with Crippen molar-refractivity contribution in [1.82, 2.24) is 5.32 Å². The lowest BCUT2D eigenvalue weighted by Gasteiger charge is -2.20. The Bertz CT molecular complexity index is 354. The first-order chi connectivity index (χ1) is 8.08. The summed E-state index contributed by atoms with van der Waals surface area (Å²) in [5.74, 6) is 1.58. The van der Waals surface area contributed by atoms with Crippen molar-refractivity contribution in [2.75, 3.05) is 12.4 Å². The number of methoxy groups -OCH3 is 1. The molecule has 0 aliphatic rings. The Balaban J connectivity index is 2.65. The zero-order chi connectivity index (χ0) is 12.8. The fraction of sp³-hybridized carbons (Fsp3) is 0.571. The van der Waals surface area contributed by atoms with Crippen molar-refractivity contribution in [2.24, 2.45) is 5.92 Å². The summed E-state index contributed by atoms with van der Waals surface area (Å²) in [5, 5.41) is 4.56. The summed E-state index contributed by atoms with van der Waals surface area (Å²) in [7, 11) is 1.72. The van der Waals surface area contributed by atoms with Gasteiger partial charge in [0.05, 0.1) is 7.11 Å². The van der Waals surface area contributed by atoms with Gasteiger partial charge in [0.1, 0.15) is 5.75 Å². The van der Waals surface area contributed by atoms with E-state index >= 15 is 0 Å². The van der Waals surface area contributed by atoms with E-state index in [4.69, 9.17) is 4.74 Å². The first-order valence-corrected chi connectivity index (χ1v) is 7.13. The highest BCUT2D eigenvalue weighted by molar-refractivity contribution is 9.09. The summed E-state index contributed by atoms with van der Waals surface area (Å²) in [6, 6.07) is 6.77. The molecule has 0 saturated carbocycles. The van der Waals surface area contributed by atoms with E-state index in [1.54, 1.807) is 7.11 Å². The zero-order valence-electron chi connectivity index (χ0n) is 11.1. The topological polar surface area (TPSA) is 21.3 Å². The first kappa shape index (κ1) is 14.5. The van der Waals surface area contributed by atoms with Crippen LogP contribution in [0, 0.1) is 12.8 Å². The normalized spacial score (nSPS) is 14.4. The van der Waals surface area contributed by atoms with Crippen LogP contribution in [0.2, 0.25) is 0 Å². The highest BCUT2D eigenvalue weighted by Crippen LogP contribution is 2.20. The highest BCUT2D eigenvalue weighted by Gasteiger charge is 2.11. The summed E-state index contributed by atoms with van der Waals surface area (Å²) in [6.45, 7) is 7.41. The fourth-order valence-corrected chi connectivity index (χ4v) is 2.21. The van der Waals surface area contributed by atoms with Crippen molar-refractivity contribution in [3.8, 4) is 5.75 Å². The number of halogens is 1. The Hall–Kier alpha value is -0.540. The summed E-state index contributed by atoms with van der Waals surface area (Å²) < 4.78 is 5.37. The molecule has 2 atom stereocenters. The largest absolute Gasteiger partial charge is 0.496 e. The van der Waals surface area contributed by atoms with E-state index in [9.17, 15) is 0 Å². The molecule has 0 fully saturated rings. The molecule has 1 N–H and O–H groups in total. The van der Waals surface area contributed by atoms with E-state index in [1.165, 1.54) is 11.1 Å². The third kappa shape index (κ3) is 4.32. The molecule has 0 radical (unpaired) electrons. The molecule has 2 nitrogen and oxygen atoms in total. The minimum Gasteiger partial charge on any atom is -0.496 e. The lowest BCUT2D eigenvalue weighted by Crippen LogP contribution is -2.32. The minimum absolute atomic E-state index is 0.486. The van der Waals surface area contributed by atoms with Gasteiger partial charge in [0.25, 0.3) is 0 Å². The Morgan fingerprint density at radius 2 is 2.06 bits per heavy atom. The molecule has 0 aromatic heterocycles. The van der Waals surface area contributed by atoms with Crippen molar-refractivity contribution < 1.29 is 4.74 Å². The zero-order valence-corrected chi connectivity index (χ0v) is 12.7. The Morgan fingerprint density at radius 1 is 1.35 bits per heavy atom. The SMILES string of the molecule is COc1ccc(C)cc1CNC(C)C(C)CBr. The number of hydrogen-bond donors (Lipinski definition) is 1. The van der Waals surface area contributed by atoms with Crippen molar-refractivity contribution in [3.05, 3.63) is 29.3 Å². The van der Waals surface area contributed by atoms with Crippen LogP contribution < -0.4 is 10.1 Å². The van der Waals surface area contributed by atoms with Crippen molar-refractivity contribution in [1.29, 1.82) is 0 Å². The van der Waals surface area contributed by atoms with Crippen LogP contribution in [0.25, 0.3) is 0 Å². The van der Waals surface area contributed by atoms with Crippen molar-refractivity contribution >= 4 is 15.9 Å². The van der Waals surface area contributed by atoms with E-state index in [1.807, 2.05) is 6.07 Å². The number of hydrogen-bond acceptors (Lipinski definition) is 2. The van der Waals surface area contributed by atoms with E-state index in [0.29, 0.717) is 12.0 Å². The number of rotatable bonds is 6. The second-order valence-corrected chi connectivity index (χ2v) is 5.26. The van der Waals surface area contributed by atoms with Gasteiger partial charge in [-0.2, -0.15) is 0 Å². The van der Waals surface area contributed by atoms with Crippen LogP contribution in [0.4, 0.5) is 0 Å². The summed E-state index contributed by atoms with van der Waals surface area (Å²) >= 11 is 3.52. The lowest BCUT2D eigenvalue weighted by molar-refractivity contribution is 0.397. The molecule has 0 spiro atoms. The van der Waals surface area contributed by atoms with Crippen LogP contribution in [0.15, 0.2) is 18.2 Å². The van der Waals surface area contributed by atoms with Gasteiger partial charge >= 0.3 is 0 Å². The molecular weight excluding hydrogens is 278 g/mol. The number of benzene rings is 1. The van der Waals surface area contributed by atoms with Crippen LogP contribution in [0.1, 0.15) is 25.0 Å². The molecule has 3 heteroatoms. The molecule has 1 aromatic carbocycles. The predicted octanol–water partition coefficient (Wildman–Crippen LogP) is 3.51. The van der Waals surface area contributed by atoms with Gasteiger partial charge in [0.15, 0.2) is 0 Å². The van der Waals surface area contributed by atoms with E-state index < -0.39 is 0 Å². The van der Waals surface area contributed by atoms with Crippen molar-refractivity contribution in [2.45, 2.75) is 33.4 Å². The predicted molar refractivity (Wildman–Crippen MR) is 77.0 cm³/mol. The third-order valence-corrected chi connectivity index (χ3v) is 4.17. The molecule has 0 bridgehead atoms. The van der Waals surface area contributed by atoms with Crippen LogP contribution in [0.3, 0.4) is 0 Å². The number of nitrogens with one attached hydrogen (secondary N) is 1. The van der Waals surface area contributed by atoms with E-state index in [2.05, 4.69) is 54.2 Å². The second kappa shape index (κ2) is 7.02. The van der Waals surface area contributed by atoms with Gasteiger partial charge in [0.2, 0.25) is 0 Å². The van der Waals surface area contributed by atoms with Gasteiger partial charge < -0.3 is 10.1 Å². The van der Waals surface area contributed by atoms with Crippen LogP contribution >= 0.6 is 15.9 Å². The second-order valence-electron chi connectivity index (χ2n) is 4.62. The fourth-order valence-electron chi connectivity index (χ4n) is 1.65. The Morgan fingerprint density at radius 3 is 2.65 bits per heavy atom. The minimum atomic E-state index is 0.486. The number of ether oxygens (including phenoxy) is 1. The van der Waals surface area contributed by atoms with Gasteiger partial charge in [0, 0.05) is 23.5 Å². The molecule has 1 aromatic rings. The Kier molecular flexibility index (Phi) is 6.00. The van der Waals surface area contributed by atoms with Crippen LogP contribution in [0.5, 0.6) is 5.75 Å². The summed E-state index contributed by atoms with van der Waals surface area (Å²) in [6.07, 6.45) is 0. The maximum absolute atomic E-state index is 5.37. The maximum Gasteiger partial charge on any atom is 0.123 e. The van der Waals surface area contributed by atoms with Crippen LogP contribution in [-0.2, 0) is 6.54 Å². The molecule has 0 amide bonds. The average molecular weight is 300 g/mol. The number of aryl methyl sites for hydroxylation is 1. The van der Waals surface area contributed by atoms with E-state index in [0.717, 1.165) is 17.6 Å². The molecule has 0 saturated heterocycles. The molecule has 1 rings (SSSR count). The average Bonchev–Trinajstić information content (AvgIpc) is 2.35. The molecule has 0 heterocycles. The number of alkyl halides is 1. The monoisotopic (exact) mass is 299 g/mol. The standard InChI is InChI=1S/C14H22BrNO/c1-10-5-6-14(17-4)13(7-10)9-16-12(3)11(2)8-15/h5-7,11-12,16H,8-9H2,1-4H3. The van der Waals surface area contributed by atoms with Gasteiger partial charge in [-0.25, -0.2) is 0 Å². The van der Waals surface area contributed by atoms with Gasteiger partial charge in [-0.05, 0) is 25.8 Å². The van der Waals surface area contributed by atoms with E-state index in [-0.39, 0.29) is 0 Å². The third-order valence-electron chi connectivity index (χ3n) is 3.15. The van der Waals surface area contributed by atoms with Gasteiger partial charge in [-0.1, -0.05) is 40.5 Å². The highest BCUT2D eigenvalue weighted by atomic mass is 79.9. The van der Waals surface area contributed by atoms with Gasteiger partial charge in [-0.15, -0.1) is 0 Å². The molecule has 0 aliphatic carbocycles. The smallest absolute Gasteiger partial charge is 0.123 e. The molecule has 96 valence electrons. The van der Waals surface area contributed by atoms with Crippen LogP contribution in [-0.4, -0.2) is 18.5 Å². The van der Waals surface area contributed by atoms with Gasteiger partial charge in [-0.3, -0.25) is 0 Å². The Labute approximate surface area is 113 Å². The van der Waals surface area contributed by atoms with Crippen molar-refractivity contribution in [3.63, 3.8) is 0 Å².